The zero-order valence-corrected chi connectivity index (χ0v) is 70.0. The van der Waals surface area contributed by atoms with Gasteiger partial charge in [-0.15, -0.1) is 0 Å². The molecule has 34 heteroatoms. The first-order valence-corrected chi connectivity index (χ1v) is 42.5. The average molecular weight is 1690 g/mol. The highest BCUT2D eigenvalue weighted by atomic mass is 16.5. The van der Waals surface area contributed by atoms with E-state index < -0.39 is 120 Å². The molecule has 0 radical (unpaired) electrons. The predicted molar refractivity (Wildman–Crippen MR) is 431 cm³/mol. The van der Waals surface area contributed by atoms with Crippen molar-refractivity contribution in [2.24, 2.45) is 35.5 Å². The molecule has 4 amide bonds. The molecule has 34 nitrogen and oxygen atoms in total. The van der Waals surface area contributed by atoms with Gasteiger partial charge in [0.2, 0.25) is 23.6 Å². The summed E-state index contributed by atoms with van der Waals surface area (Å²) in [5, 5.41) is 84.2. The number of unbranched alkanes of at least 4 members (excludes halogenated alkanes) is 12. The smallest absolute Gasteiger partial charge is 0.306 e. The lowest BCUT2D eigenvalue weighted by Gasteiger charge is -2.15. The summed E-state index contributed by atoms with van der Waals surface area (Å²) in [6, 6.07) is 0. The van der Waals surface area contributed by atoms with Gasteiger partial charge in [0.05, 0.1) is 35.5 Å². The molecule has 0 saturated heterocycles. The minimum atomic E-state index is -1.36. The van der Waals surface area contributed by atoms with Crippen molar-refractivity contribution in [2.45, 2.75) is 309 Å². The molecule has 0 aliphatic rings. The largest absolute Gasteiger partial charge is 0.481 e. The molecule has 0 spiro atoms. The summed E-state index contributed by atoms with van der Waals surface area (Å²) in [5.74, 6) is -16.7. The summed E-state index contributed by atoms with van der Waals surface area (Å²) >= 11 is 0. The lowest BCUT2D eigenvalue weighted by atomic mass is 9.89. The molecule has 0 aromatic heterocycles. The number of carboxylic acid groups (broad SMARTS) is 8. The number of hydrogen-bond donors (Lipinski definition) is 12. The zero-order valence-electron chi connectivity index (χ0n) is 70.0. The van der Waals surface area contributed by atoms with Crippen LogP contribution >= 0.6 is 0 Å². The minimum absolute atomic E-state index is 0.0236. The molecular weight excluding hydrogens is 1540 g/mol. The van der Waals surface area contributed by atoms with Crippen LogP contribution in [-0.2, 0) is 105 Å². The highest BCUT2D eigenvalue weighted by Crippen LogP contribution is 2.23. The summed E-state index contributed by atoms with van der Waals surface area (Å²) in [5.41, 5.74) is 0. The molecule has 118 heavy (non-hydrogen) atoms. The molecule has 6 atom stereocenters. The first-order valence-electron chi connectivity index (χ1n) is 42.5. The molecule has 676 valence electrons. The van der Waals surface area contributed by atoms with Crippen LogP contribution < -0.4 is 21.3 Å². The second-order valence-corrected chi connectivity index (χ2v) is 30.3. The van der Waals surface area contributed by atoms with E-state index in [0.29, 0.717) is 169 Å². The lowest BCUT2D eigenvalue weighted by Crippen LogP contribution is -2.27. The second-order valence-electron chi connectivity index (χ2n) is 30.3. The van der Waals surface area contributed by atoms with Crippen molar-refractivity contribution in [2.75, 3.05) is 79.0 Å². The molecule has 12 N–H and O–H groups in total. The van der Waals surface area contributed by atoms with Crippen molar-refractivity contribution in [3.05, 3.63) is 0 Å². The summed E-state index contributed by atoms with van der Waals surface area (Å²) in [7, 11) is 0. The Hall–Kier alpha value is -8.50. The molecule has 0 bridgehead atoms. The number of carboxylic acids is 8. The Labute approximate surface area is 694 Å². The summed E-state index contributed by atoms with van der Waals surface area (Å²) in [6.45, 7) is 9.07. The summed E-state index contributed by atoms with van der Waals surface area (Å²) in [4.78, 5) is 212. The van der Waals surface area contributed by atoms with Gasteiger partial charge >= 0.3 is 47.8 Å². The molecule has 0 heterocycles. The highest BCUT2D eigenvalue weighted by Gasteiger charge is 2.29. The Morgan fingerprint density at radius 1 is 0.212 bits per heavy atom. The summed E-state index contributed by atoms with van der Waals surface area (Å²) < 4.78 is 22.4. The Balaban J connectivity index is 0. The van der Waals surface area contributed by atoms with Crippen molar-refractivity contribution < 1.29 is 146 Å². The van der Waals surface area contributed by atoms with Crippen LogP contribution in [0, 0.1) is 35.5 Å². The number of rotatable bonds is 84. The van der Waals surface area contributed by atoms with Gasteiger partial charge in [-0.2, -0.15) is 0 Å². The van der Waals surface area contributed by atoms with Gasteiger partial charge in [-0.3, -0.25) is 86.3 Å². The van der Waals surface area contributed by atoms with Gasteiger partial charge in [0.25, 0.3) is 0 Å². The van der Waals surface area contributed by atoms with Gasteiger partial charge in [0, 0.05) is 195 Å². The van der Waals surface area contributed by atoms with Crippen LogP contribution in [0.15, 0.2) is 0 Å². The van der Waals surface area contributed by atoms with Crippen molar-refractivity contribution in [1.29, 1.82) is 0 Å². The standard InChI is InChI=1S/C48H78N2O18.C36H62N2O12/c1-34(45(59)60)13-6-8-25-49-42(55)23-19-37(48(65)66)33-40(53)21-17-35(46(61)62)31-39(52)20-18-36(47(63)64)32-41(54)22-24-43(56)50-26-12-30-68-29-11-10-28-67-27-9-7-15-38(51)14-4-2-3-5-16-44(57)58;1-28(35(45)46)13-6-8-21-37-33(42)20-18-30(39)14-7-9-23-49-24-10-11-25-50-26-12-22-38-32(41)19-17-29(36(47)48)27-31(40)15-4-2-3-5-16-34(43)44/h34-37H,2-33H2,1H3,(H,49,55)(H,50,56)(H,57,58)(H,59,60)(H,61,62)(H,63,64)(H,65,66);28-29H,2-27H2,1H3,(H,37,42)(H,38,41)(H,43,44)(H,45,46)(H,47,48)/t34-,35+,36+,37+;28-,29+/m00/s1. The first-order chi connectivity index (χ1) is 56.2. The maximum absolute atomic E-state index is 12.7. The predicted octanol–water partition coefficient (Wildman–Crippen LogP) is 10.3. The molecule has 0 saturated carbocycles. The summed E-state index contributed by atoms with van der Waals surface area (Å²) in [6.07, 6.45) is 16.0. The Morgan fingerprint density at radius 2 is 0.441 bits per heavy atom. The number of amides is 4. The number of nitrogens with one attached hydrogen (secondary N) is 4. The maximum Gasteiger partial charge on any atom is 0.306 e. The molecular formula is C84H140N4O30. The zero-order chi connectivity index (χ0) is 88.5. The third-order valence-electron chi connectivity index (χ3n) is 19.6. The fraction of sp³-hybridized carbons (Fsp3) is 0.786. The normalized spacial score (nSPS) is 12.6. The van der Waals surface area contributed by atoms with Crippen LogP contribution in [0.2, 0.25) is 0 Å². The van der Waals surface area contributed by atoms with Crippen LogP contribution in [0.25, 0.3) is 0 Å². The van der Waals surface area contributed by atoms with E-state index in [4.69, 9.17) is 39.4 Å². The highest BCUT2D eigenvalue weighted by molar-refractivity contribution is 5.90. The molecule has 0 unspecified atom stereocenters. The van der Waals surface area contributed by atoms with Crippen LogP contribution in [0.1, 0.15) is 309 Å². The average Bonchev–Trinajstić information content (AvgIpc) is 0.904. The van der Waals surface area contributed by atoms with Crippen molar-refractivity contribution in [3.8, 4) is 0 Å². The van der Waals surface area contributed by atoms with Crippen molar-refractivity contribution in [3.63, 3.8) is 0 Å². The van der Waals surface area contributed by atoms with E-state index in [1.54, 1.807) is 13.8 Å². The molecule has 0 fully saturated rings. The lowest BCUT2D eigenvalue weighted by molar-refractivity contribution is -0.146. The molecule has 0 aromatic carbocycles. The number of carbonyl (C=O) groups is 18. The van der Waals surface area contributed by atoms with E-state index >= 15 is 0 Å². The van der Waals surface area contributed by atoms with E-state index in [1.807, 2.05) is 0 Å². The molecule has 0 aliphatic carbocycles. The maximum atomic E-state index is 12.7. The van der Waals surface area contributed by atoms with Gasteiger partial charge < -0.3 is 81.1 Å². The molecule has 0 aliphatic heterocycles. The van der Waals surface area contributed by atoms with E-state index in [2.05, 4.69) is 21.3 Å². The third kappa shape index (κ3) is 72.7. The van der Waals surface area contributed by atoms with Crippen molar-refractivity contribution in [1.82, 2.24) is 21.3 Å². The van der Waals surface area contributed by atoms with Gasteiger partial charge in [0.1, 0.15) is 34.7 Å². The van der Waals surface area contributed by atoms with Crippen LogP contribution in [0.4, 0.5) is 0 Å². The Bertz CT molecular complexity index is 2960. The van der Waals surface area contributed by atoms with Crippen LogP contribution in [-0.4, -0.2) is 226 Å². The number of aliphatic carboxylic acids is 8. The number of hydrogen-bond acceptors (Lipinski definition) is 22. The first kappa shape index (κ1) is 112. The second kappa shape index (κ2) is 74.8. The van der Waals surface area contributed by atoms with E-state index in [0.717, 1.165) is 77.0 Å². The number of Topliss-reactive ketones (excluding diaryl/α,β-unsaturated/α-hetero) is 6. The van der Waals surface area contributed by atoms with Gasteiger partial charge in [0.15, 0.2) is 0 Å². The number of ketones is 6. The monoisotopic (exact) mass is 1680 g/mol. The quantitative estimate of drug-likeness (QED) is 0.0252. The number of carbonyl (C=O) groups excluding carboxylic acids is 10. The Morgan fingerprint density at radius 3 is 0.746 bits per heavy atom. The van der Waals surface area contributed by atoms with E-state index in [-0.39, 0.29) is 150 Å². The van der Waals surface area contributed by atoms with Gasteiger partial charge in [-0.05, 0) is 141 Å². The minimum Gasteiger partial charge on any atom is -0.481 e. The third-order valence-corrected chi connectivity index (χ3v) is 19.6. The Kier molecular flexibility index (Phi) is 70.7. The fourth-order valence-electron chi connectivity index (χ4n) is 12.0. The fourth-order valence-corrected chi connectivity index (χ4v) is 12.0. The van der Waals surface area contributed by atoms with Gasteiger partial charge in [-0.25, -0.2) is 0 Å². The van der Waals surface area contributed by atoms with Crippen LogP contribution in [0.5, 0.6) is 0 Å². The van der Waals surface area contributed by atoms with E-state index in [9.17, 15) is 107 Å². The SMILES string of the molecule is C[C@@H](CCCCNC(=O)CCC(=O)CCCCOCCCCOCCCNC(=O)CC[C@H](CC(=O)CCCCCCC(=O)O)C(=O)O)C(=O)O.C[C@@H](CCCCNC(=O)CC[C@H](CC(=O)CC[C@H](CC(=O)CC[C@H](CC(=O)CCC(=O)NCCCOCCCCOCCCCC(=O)CCCCCCC(=O)O)C(=O)O)C(=O)O)C(=O)O)C(=O)O. The topological polar surface area (TPSA) is 554 Å². The van der Waals surface area contributed by atoms with Gasteiger partial charge in [-0.1, -0.05) is 52.4 Å². The van der Waals surface area contributed by atoms with E-state index in [1.165, 1.54) is 0 Å². The van der Waals surface area contributed by atoms with Crippen LogP contribution in [0.3, 0.4) is 0 Å². The van der Waals surface area contributed by atoms with Crippen molar-refractivity contribution >= 4 is 106 Å². The number of ether oxygens (including phenoxy) is 4. The molecule has 0 aromatic rings. The molecule has 0 rings (SSSR count).